The van der Waals surface area contributed by atoms with Crippen molar-refractivity contribution in [2.45, 2.75) is 25.6 Å². The lowest BCUT2D eigenvalue weighted by Gasteiger charge is -2.10. The van der Waals surface area contributed by atoms with Crippen LogP contribution in [0.3, 0.4) is 0 Å². The number of aromatic nitrogens is 2. The quantitative estimate of drug-likeness (QED) is 0.778. The van der Waals surface area contributed by atoms with E-state index >= 15 is 0 Å². The average molecular weight is 244 g/mol. The van der Waals surface area contributed by atoms with Gasteiger partial charge in [-0.15, -0.1) is 11.6 Å². The van der Waals surface area contributed by atoms with Crippen molar-refractivity contribution in [3.63, 3.8) is 0 Å². The number of aryl methyl sites for hydroxylation is 2. The zero-order chi connectivity index (χ0) is 12.0. The molecule has 0 aliphatic rings. The maximum Gasteiger partial charge on any atom is 0.129 e. The summed E-state index contributed by atoms with van der Waals surface area (Å²) in [5.74, 6) is 1.63. The maximum absolute atomic E-state index is 6.01. The molecule has 1 aromatic heterocycles. The predicted molar refractivity (Wildman–Crippen MR) is 66.1 cm³/mol. The van der Waals surface area contributed by atoms with E-state index in [0.29, 0.717) is 6.61 Å². The Hall–Kier alpha value is -0.870. The zero-order valence-electron chi connectivity index (χ0n) is 9.96. The van der Waals surface area contributed by atoms with Crippen molar-refractivity contribution in [3.05, 3.63) is 17.6 Å². The number of methoxy groups -OCH3 is 1. The Balaban J connectivity index is 2.37. The van der Waals surface area contributed by atoms with Crippen LogP contribution in [-0.2, 0) is 4.74 Å². The van der Waals surface area contributed by atoms with E-state index in [2.05, 4.69) is 15.3 Å². The Labute approximate surface area is 101 Å². The molecule has 0 saturated carbocycles. The predicted octanol–water partition coefficient (Wildman–Crippen LogP) is 2.15. The number of ether oxygens (including phenoxy) is 1. The Bertz CT molecular complexity index is 313. The summed E-state index contributed by atoms with van der Waals surface area (Å²) in [6.45, 7) is 5.20. The summed E-state index contributed by atoms with van der Waals surface area (Å²) >= 11 is 6.01. The summed E-state index contributed by atoms with van der Waals surface area (Å²) in [6.07, 6.45) is 0.845. The van der Waals surface area contributed by atoms with Gasteiger partial charge in [0.15, 0.2) is 0 Å². The van der Waals surface area contributed by atoms with E-state index in [1.54, 1.807) is 7.11 Å². The summed E-state index contributed by atoms with van der Waals surface area (Å²) in [5.41, 5.74) is 0.967. The van der Waals surface area contributed by atoms with Crippen LogP contribution in [0.25, 0.3) is 0 Å². The van der Waals surface area contributed by atoms with Gasteiger partial charge >= 0.3 is 0 Å². The van der Waals surface area contributed by atoms with Crippen LogP contribution < -0.4 is 5.32 Å². The van der Waals surface area contributed by atoms with Crippen LogP contribution in [0.15, 0.2) is 6.07 Å². The Kier molecular flexibility index (Phi) is 5.49. The first-order valence-electron chi connectivity index (χ1n) is 5.31. The van der Waals surface area contributed by atoms with Crippen LogP contribution in [0.5, 0.6) is 0 Å². The van der Waals surface area contributed by atoms with Crippen LogP contribution in [0, 0.1) is 13.8 Å². The highest BCUT2D eigenvalue weighted by Gasteiger charge is 2.04. The fraction of sp³-hybridized carbons (Fsp3) is 0.636. The second kappa shape index (κ2) is 6.66. The molecule has 0 bridgehead atoms. The molecule has 0 aliphatic heterocycles. The van der Waals surface area contributed by atoms with Crippen LogP contribution in [0.4, 0.5) is 5.82 Å². The maximum atomic E-state index is 6.01. The van der Waals surface area contributed by atoms with Gasteiger partial charge in [0, 0.05) is 25.4 Å². The number of halogens is 1. The van der Waals surface area contributed by atoms with Crippen LogP contribution >= 0.6 is 11.6 Å². The molecule has 0 aromatic carbocycles. The summed E-state index contributed by atoms with van der Waals surface area (Å²) < 4.78 is 4.96. The number of alkyl halides is 1. The molecular formula is C11H18ClN3O. The molecule has 16 heavy (non-hydrogen) atoms. The third kappa shape index (κ3) is 4.77. The largest absolute Gasteiger partial charge is 0.383 e. The van der Waals surface area contributed by atoms with Crippen LogP contribution in [-0.4, -0.2) is 35.6 Å². The van der Waals surface area contributed by atoms with E-state index in [9.17, 15) is 0 Å². The number of nitrogens with one attached hydrogen (secondary N) is 1. The summed E-state index contributed by atoms with van der Waals surface area (Å²) in [4.78, 5) is 8.49. The highest BCUT2D eigenvalue weighted by molar-refractivity contribution is 6.20. The molecule has 90 valence electrons. The molecule has 0 radical (unpaired) electrons. The van der Waals surface area contributed by atoms with Gasteiger partial charge in [0.25, 0.3) is 0 Å². The van der Waals surface area contributed by atoms with Crippen molar-refractivity contribution in [3.8, 4) is 0 Å². The minimum atomic E-state index is 0.0431. The van der Waals surface area contributed by atoms with E-state index in [0.717, 1.165) is 30.3 Å². The van der Waals surface area contributed by atoms with Crippen molar-refractivity contribution in [2.75, 3.05) is 25.6 Å². The number of rotatable bonds is 6. The van der Waals surface area contributed by atoms with E-state index < -0.39 is 0 Å². The molecule has 1 atom stereocenters. The monoisotopic (exact) mass is 243 g/mol. The number of anilines is 1. The minimum absolute atomic E-state index is 0.0431. The first-order valence-corrected chi connectivity index (χ1v) is 5.74. The SMILES string of the molecule is COCC(Cl)CCNc1cc(C)nc(C)n1. The molecule has 5 heteroatoms. The molecule has 1 N–H and O–H groups in total. The second-order valence-corrected chi connectivity index (χ2v) is 4.33. The lowest BCUT2D eigenvalue weighted by atomic mass is 10.3. The molecule has 0 aliphatic carbocycles. The Morgan fingerprint density at radius 3 is 2.81 bits per heavy atom. The molecule has 0 spiro atoms. The Morgan fingerprint density at radius 1 is 1.44 bits per heavy atom. The standard InChI is InChI=1S/C11H18ClN3O/c1-8-6-11(15-9(2)14-8)13-5-4-10(12)7-16-3/h6,10H,4-5,7H2,1-3H3,(H,13,14,15). The zero-order valence-corrected chi connectivity index (χ0v) is 10.7. The minimum Gasteiger partial charge on any atom is -0.383 e. The van der Waals surface area contributed by atoms with Gasteiger partial charge in [-0.05, 0) is 20.3 Å². The third-order valence-electron chi connectivity index (χ3n) is 2.08. The molecule has 1 heterocycles. The topological polar surface area (TPSA) is 47.0 Å². The van der Waals surface area contributed by atoms with E-state index in [4.69, 9.17) is 16.3 Å². The highest BCUT2D eigenvalue weighted by atomic mass is 35.5. The van der Waals surface area contributed by atoms with Gasteiger partial charge < -0.3 is 10.1 Å². The first kappa shape index (κ1) is 13.2. The Morgan fingerprint density at radius 2 is 2.19 bits per heavy atom. The second-order valence-electron chi connectivity index (χ2n) is 3.71. The molecule has 0 fully saturated rings. The summed E-state index contributed by atoms with van der Waals surface area (Å²) in [7, 11) is 1.65. The van der Waals surface area contributed by atoms with Gasteiger partial charge in [0.05, 0.1) is 12.0 Å². The van der Waals surface area contributed by atoms with E-state index in [1.165, 1.54) is 0 Å². The van der Waals surface area contributed by atoms with Crippen molar-refractivity contribution in [2.24, 2.45) is 0 Å². The average Bonchev–Trinajstić information content (AvgIpc) is 2.16. The fourth-order valence-electron chi connectivity index (χ4n) is 1.43. The summed E-state index contributed by atoms with van der Waals surface area (Å²) in [5, 5.41) is 3.27. The van der Waals surface area contributed by atoms with Gasteiger partial charge in [-0.2, -0.15) is 0 Å². The molecule has 1 aromatic rings. The molecule has 4 nitrogen and oxygen atoms in total. The van der Waals surface area contributed by atoms with Gasteiger partial charge in [-0.1, -0.05) is 0 Å². The molecular weight excluding hydrogens is 226 g/mol. The fourth-order valence-corrected chi connectivity index (χ4v) is 1.66. The molecule has 0 saturated heterocycles. The first-order chi connectivity index (χ1) is 7.61. The van der Waals surface area contributed by atoms with Gasteiger partial charge in [0.1, 0.15) is 11.6 Å². The molecule has 1 rings (SSSR count). The summed E-state index contributed by atoms with van der Waals surface area (Å²) in [6, 6.07) is 1.92. The lowest BCUT2D eigenvalue weighted by molar-refractivity contribution is 0.196. The van der Waals surface area contributed by atoms with E-state index in [-0.39, 0.29) is 5.38 Å². The normalized spacial score (nSPS) is 12.5. The molecule has 1 unspecified atom stereocenters. The van der Waals surface area contributed by atoms with Crippen molar-refractivity contribution in [1.29, 1.82) is 0 Å². The number of nitrogens with zero attached hydrogens (tertiary/aromatic N) is 2. The van der Waals surface area contributed by atoms with Gasteiger partial charge in [-0.3, -0.25) is 0 Å². The lowest BCUT2D eigenvalue weighted by Crippen LogP contribution is -2.14. The number of hydrogen-bond donors (Lipinski definition) is 1. The highest BCUT2D eigenvalue weighted by Crippen LogP contribution is 2.07. The van der Waals surface area contributed by atoms with Crippen LogP contribution in [0.2, 0.25) is 0 Å². The van der Waals surface area contributed by atoms with Crippen LogP contribution in [0.1, 0.15) is 17.9 Å². The number of hydrogen-bond acceptors (Lipinski definition) is 4. The van der Waals surface area contributed by atoms with Crippen molar-refractivity contribution in [1.82, 2.24) is 9.97 Å². The van der Waals surface area contributed by atoms with Crippen molar-refractivity contribution < 1.29 is 4.74 Å². The van der Waals surface area contributed by atoms with Gasteiger partial charge in [0.2, 0.25) is 0 Å². The van der Waals surface area contributed by atoms with E-state index in [1.807, 2.05) is 19.9 Å². The van der Waals surface area contributed by atoms with Crippen molar-refractivity contribution >= 4 is 17.4 Å². The third-order valence-corrected chi connectivity index (χ3v) is 2.42. The smallest absolute Gasteiger partial charge is 0.129 e. The van der Waals surface area contributed by atoms with Gasteiger partial charge in [-0.25, -0.2) is 9.97 Å². The molecule has 0 amide bonds.